The second-order valence-corrected chi connectivity index (χ2v) is 6.63. The summed E-state index contributed by atoms with van der Waals surface area (Å²) in [5.74, 6) is -0.928. The number of para-hydroxylation sites is 1. The predicted octanol–water partition coefficient (Wildman–Crippen LogP) is 2.75. The Labute approximate surface area is 191 Å². The first-order chi connectivity index (χ1) is 14.1. The molecule has 0 bridgehead atoms. The van der Waals surface area contributed by atoms with Gasteiger partial charge in [-0.05, 0) is 37.6 Å². The van der Waals surface area contributed by atoms with E-state index < -0.39 is 11.6 Å². The third-order valence-electron chi connectivity index (χ3n) is 4.45. The topological polar surface area (TPSA) is 81.6 Å². The molecule has 2 aromatic rings. The third kappa shape index (κ3) is 6.51. The van der Waals surface area contributed by atoms with Gasteiger partial charge in [0.15, 0.2) is 5.96 Å². The maximum absolute atomic E-state index is 14.0. The number of pyridine rings is 1. The SMILES string of the molecule is CCNC(=NCC(=O)Nc1cccnc1)NC1CCN(c2c(F)cccc2F)C1.I. The Hall–Kier alpha value is -2.50. The molecule has 0 saturated carbocycles. The van der Waals surface area contributed by atoms with Gasteiger partial charge in [-0.3, -0.25) is 9.78 Å². The normalized spacial score (nSPS) is 16.0. The van der Waals surface area contributed by atoms with Crippen molar-refractivity contribution in [2.45, 2.75) is 19.4 Å². The number of hydrogen-bond donors (Lipinski definition) is 3. The first-order valence-corrected chi connectivity index (χ1v) is 9.50. The fourth-order valence-electron chi connectivity index (χ4n) is 3.17. The number of halogens is 3. The number of guanidine groups is 1. The van der Waals surface area contributed by atoms with Gasteiger partial charge in [0.05, 0.1) is 11.9 Å². The Bertz CT molecular complexity index is 847. The van der Waals surface area contributed by atoms with Crippen molar-refractivity contribution in [1.82, 2.24) is 15.6 Å². The summed E-state index contributed by atoms with van der Waals surface area (Å²) in [6.07, 6.45) is 3.87. The van der Waals surface area contributed by atoms with E-state index in [1.165, 1.54) is 18.2 Å². The standard InChI is InChI=1S/C20H24F2N6O.HI/c1-2-24-20(25-12-18(29)26-14-5-4-9-23-11-14)27-15-8-10-28(13-15)19-16(21)6-3-7-17(19)22;/h3-7,9,11,15H,2,8,10,12-13H2,1H3,(H,26,29)(H2,24,25,27);1H. The summed E-state index contributed by atoms with van der Waals surface area (Å²) in [6, 6.07) is 7.29. The first-order valence-electron chi connectivity index (χ1n) is 9.50. The van der Waals surface area contributed by atoms with Crippen LogP contribution < -0.4 is 20.9 Å². The highest BCUT2D eigenvalue weighted by atomic mass is 127. The Kier molecular flexibility index (Phi) is 9.21. The zero-order valence-electron chi connectivity index (χ0n) is 16.6. The largest absolute Gasteiger partial charge is 0.365 e. The lowest BCUT2D eigenvalue weighted by atomic mass is 10.2. The van der Waals surface area contributed by atoms with Gasteiger partial charge >= 0.3 is 0 Å². The molecule has 1 fully saturated rings. The van der Waals surface area contributed by atoms with Crippen LogP contribution >= 0.6 is 24.0 Å². The van der Waals surface area contributed by atoms with Crippen LogP contribution in [0.4, 0.5) is 20.2 Å². The fourth-order valence-corrected chi connectivity index (χ4v) is 3.17. The number of hydrogen-bond acceptors (Lipinski definition) is 4. The molecule has 3 N–H and O–H groups in total. The monoisotopic (exact) mass is 530 g/mol. The van der Waals surface area contributed by atoms with Crippen molar-refractivity contribution in [3.63, 3.8) is 0 Å². The van der Waals surface area contributed by atoms with Crippen molar-refractivity contribution in [3.8, 4) is 0 Å². The number of benzene rings is 1. The number of amides is 1. The maximum atomic E-state index is 14.0. The molecule has 1 unspecified atom stereocenters. The molecule has 1 aromatic heterocycles. The van der Waals surface area contributed by atoms with Gasteiger partial charge in [-0.25, -0.2) is 13.8 Å². The van der Waals surface area contributed by atoms with Crippen molar-refractivity contribution >= 4 is 47.2 Å². The lowest BCUT2D eigenvalue weighted by Gasteiger charge is -2.21. The molecule has 0 aliphatic carbocycles. The van der Waals surface area contributed by atoms with Gasteiger partial charge in [-0.15, -0.1) is 24.0 Å². The highest BCUT2D eigenvalue weighted by Gasteiger charge is 2.27. The van der Waals surface area contributed by atoms with E-state index in [-0.39, 0.29) is 48.2 Å². The molecule has 1 saturated heterocycles. The number of rotatable bonds is 6. The van der Waals surface area contributed by atoms with Crippen LogP contribution in [-0.2, 0) is 4.79 Å². The summed E-state index contributed by atoms with van der Waals surface area (Å²) in [4.78, 5) is 22.0. The van der Waals surface area contributed by atoms with Crippen LogP contribution in [-0.4, -0.2) is 49.1 Å². The highest BCUT2D eigenvalue weighted by Crippen LogP contribution is 2.26. The van der Waals surface area contributed by atoms with Gasteiger partial charge < -0.3 is 20.9 Å². The van der Waals surface area contributed by atoms with E-state index in [1.54, 1.807) is 29.4 Å². The minimum atomic E-state index is -0.571. The molecular weight excluding hydrogens is 505 g/mol. The lowest BCUT2D eigenvalue weighted by molar-refractivity contribution is -0.114. The Balaban J connectivity index is 0.00000320. The summed E-state index contributed by atoms with van der Waals surface area (Å²) >= 11 is 0. The van der Waals surface area contributed by atoms with Crippen LogP contribution in [0.15, 0.2) is 47.7 Å². The van der Waals surface area contributed by atoms with E-state index in [2.05, 4.69) is 25.9 Å². The zero-order valence-corrected chi connectivity index (χ0v) is 18.9. The molecule has 10 heteroatoms. The van der Waals surface area contributed by atoms with Gasteiger partial charge in [-0.2, -0.15) is 0 Å². The summed E-state index contributed by atoms with van der Waals surface area (Å²) in [6.45, 7) is 3.43. The van der Waals surface area contributed by atoms with Gasteiger partial charge in [0.25, 0.3) is 0 Å². The van der Waals surface area contributed by atoms with Crippen LogP contribution in [0.25, 0.3) is 0 Å². The van der Waals surface area contributed by atoms with Gasteiger partial charge in [0.1, 0.15) is 23.9 Å². The minimum absolute atomic E-state index is 0. The quantitative estimate of drug-likeness (QED) is 0.304. The van der Waals surface area contributed by atoms with Crippen molar-refractivity contribution < 1.29 is 13.6 Å². The maximum Gasteiger partial charge on any atom is 0.246 e. The van der Waals surface area contributed by atoms with E-state index in [1.807, 2.05) is 6.92 Å². The molecule has 1 amide bonds. The Morgan fingerprint density at radius 1 is 1.27 bits per heavy atom. The predicted molar refractivity (Wildman–Crippen MR) is 124 cm³/mol. The van der Waals surface area contributed by atoms with Crippen molar-refractivity contribution in [1.29, 1.82) is 0 Å². The smallest absolute Gasteiger partial charge is 0.246 e. The van der Waals surface area contributed by atoms with E-state index >= 15 is 0 Å². The average molecular weight is 530 g/mol. The van der Waals surface area contributed by atoms with Crippen LogP contribution in [0.5, 0.6) is 0 Å². The molecule has 1 aliphatic rings. The highest BCUT2D eigenvalue weighted by molar-refractivity contribution is 14.0. The van der Waals surface area contributed by atoms with E-state index in [4.69, 9.17) is 0 Å². The van der Waals surface area contributed by atoms with E-state index in [0.717, 1.165) is 0 Å². The van der Waals surface area contributed by atoms with Crippen LogP contribution in [0.2, 0.25) is 0 Å². The van der Waals surface area contributed by atoms with Crippen molar-refractivity contribution in [3.05, 3.63) is 54.4 Å². The van der Waals surface area contributed by atoms with Crippen molar-refractivity contribution in [2.75, 3.05) is 36.4 Å². The molecule has 162 valence electrons. The summed E-state index contributed by atoms with van der Waals surface area (Å²) in [5, 5.41) is 9.04. The number of aliphatic imine (C=N–C) groups is 1. The molecular formula is C20H25F2IN6O. The lowest BCUT2D eigenvalue weighted by Crippen LogP contribution is -2.45. The fraction of sp³-hybridized carbons (Fsp3) is 0.350. The molecule has 3 rings (SSSR count). The molecule has 1 atom stereocenters. The molecule has 0 radical (unpaired) electrons. The van der Waals surface area contributed by atoms with Crippen LogP contribution in [0.1, 0.15) is 13.3 Å². The molecule has 1 aromatic carbocycles. The summed E-state index contributed by atoms with van der Waals surface area (Å²) in [5.41, 5.74) is 0.596. The van der Waals surface area contributed by atoms with Gasteiger partial charge in [-0.1, -0.05) is 6.07 Å². The second kappa shape index (κ2) is 11.6. The third-order valence-corrected chi connectivity index (χ3v) is 4.45. The van der Waals surface area contributed by atoms with Crippen molar-refractivity contribution in [2.24, 2.45) is 4.99 Å². The average Bonchev–Trinajstić information content (AvgIpc) is 3.15. The number of nitrogens with zero attached hydrogens (tertiary/aromatic N) is 3. The minimum Gasteiger partial charge on any atom is -0.365 e. The van der Waals surface area contributed by atoms with Crippen LogP contribution in [0, 0.1) is 11.6 Å². The Morgan fingerprint density at radius 3 is 2.70 bits per heavy atom. The number of aromatic nitrogens is 1. The van der Waals surface area contributed by atoms with Crippen LogP contribution in [0.3, 0.4) is 0 Å². The molecule has 7 nitrogen and oxygen atoms in total. The molecule has 1 aliphatic heterocycles. The van der Waals surface area contributed by atoms with E-state index in [0.29, 0.717) is 37.7 Å². The second-order valence-electron chi connectivity index (χ2n) is 6.63. The number of carbonyl (C=O) groups excluding carboxylic acids is 1. The number of nitrogens with one attached hydrogen (secondary N) is 3. The molecule has 2 heterocycles. The molecule has 0 spiro atoms. The van der Waals surface area contributed by atoms with Gasteiger partial charge in [0.2, 0.25) is 5.91 Å². The number of carbonyl (C=O) groups is 1. The van der Waals surface area contributed by atoms with Gasteiger partial charge in [0, 0.05) is 31.9 Å². The summed E-state index contributed by atoms with van der Waals surface area (Å²) in [7, 11) is 0. The zero-order chi connectivity index (χ0) is 20.6. The number of anilines is 2. The first kappa shape index (κ1) is 23.8. The Morgan fingerprint density at radius 2 is 2.03 bits per heavy atom. The van der Waals surface area contributed by atoms with E-state index in [9.17, 15) is 13.6 Å². The summed E-state index contributed by atoms with van der Waals surface area (Å²) < 4.78 is 28.0. The molecule has 30 heavy (non-hydrogen) atoms.